The number of nitrogens with two attached hydrogens (primary N) is 1. The van der Waals surface area contributed by atoms with Crippen molar-refractivity contribution in [3.8, 4) is 11.8 Å². The highest BCUT2D eigenvalue weighted by molar-refractivity contribution is 7.99. The lowest BCUT2D eigenvalue weighted by Gasteiger charge is -2.24. The number of thioether (sulfide) groups is 1. The van der Waals surface area contributed by atoms with E-state index >= 15 is 0 Å². The largest absolute Gasteiger partial charge is 0.325 e. The second kappa shape index (κ2) is 9.93. The summed E-state index contributed by atoms with van der Waals surface area (Å²) in [6.07, 6.45) is 1.62. The van der Waals surface area contributed by atoms with Gasteiger partial charge in [-0.1, -0.05) is 29.5 Å². The lowest BCUT2D eigenvalue weighted by molar-refractivity contribution is 0.354. The van der Waals surface area contributed by atoms with Crippen LogP contribution in [0.4, 0.5) is 0 Å². The van der Waals surface area contributed by atoms with Gasteiger partial charge in [-0.15, -0.1) is 23.1 Å². The molecule has 0 aliphatic heterocycles. The van der Waals surface area contributed by atoms with Gasteiger partial charge in [0.1, 0.15) is 0 Å². The minimum absolute atomic E-state index is 0.167. The molecule has 0 saturated heterocycles. The second-order valence-electron chi connectivity index (χ2n) is 6.96. The van der Waals surface area contributed by atoms with E-state index in [0.29, 0.717) is 12.8 Å². The van der Waals surface area contributed by atoms with Gasteiger partial charge >= 0.3 is 7.60 Å². The zero-order chi connectivity index (χ0) is 19.9. The van der Waals surface area contributed by atoms with E-state index in [1.807, 2.05) is 13.0 Å². The number of hydrogen-bond acceptors (Lipinski definition) is 4. The minimum Gasteiger partial charge on any atom is -0.325 e. The molecule has 4 nitrogen and oxygen atoms in total. The summed E-state index contributed by atoms with van der Waals surface area (Å²) in [5.74, 6) is 7.15. The first-order valence-corrected chi connectivity index (χ1v) is 12.3. The van der Waals surface area contributed by atoms with Crippen LogP contribution < -0.4 is 5.73 Å². The Labute approximate surface area is 169 Å². The molecule has 1 aromatic heterocycles. The lowest BCUT2D eigenvalue weighted by Crippen LogP contribution is -2.37. The molecule has 0 aliphatic rings. The molecule has 0 saturated carbocycles. The number of rotatable bonds is 8. The van der Waals surface area contributed by atoms with Gasteiger partial charge in [-0.3, -0.25) is 4.57 Å². The van der Waals surface area contributed by atoms with E-state index in [1.165, 1.54) is 15.3 Å². The molecular weight excluding hydrogens is 397 g/mol. The molecule has 2 rings (SSSR count). The normalized spacial score (nSPS) is 13.7. The van der Waals surface area contributed by atoms with Gasteiger partial charge in [0.15, 0.2) is 0 Å². The predicted octanol–water partition coefficient (Wildman–Crippen LogP) is 4.42. The van der Waals surface area contributed by atoms with Crippen LogP contribution in [0.25, 0.3) is 0 Å². The van der Waals surface area contributed by atoms with Crippen molar-refractivity contribution in [3.63, 3.8) is 0 Å². The summed E-state index contributed by atoms with van der Waals surface area (Å²) in [5, 5.41) is 0. The van der Waals surface area contributed by atoms with Gasteiger partial charge in [-0.05, 0) is 57.4 Å². The molecule has 4 N–H and O–H groups in total. The Balaban J connectivity index is 1.79. The first-order valence-electron chi connectivity index (χ1n) is 8.73. The number of hydrogen-bond donors (Lipinski definition) is 3. The van der Waals surface area contributed by atoms with Crippen molar-refractivity contribution in [3.05, 3.63) is 51.7 Å². The molecule has 0 bridgehead atoms. The average molecular weight is 424 g/mol. The van der Waals surface area contributed by atoms with Gasteiger partial charge in [-0.25, -0.2) is 0 Å². The molecule has 146 valence electrons. The molecular formula is C20H26NO3PS2. The van der Waals surface area contributed by atoms with Gasteiger partial charge in [0.2, 0.25) is 0 Å². The van der Waals surface area contributed by atoms with Crippen LogP contribution in [0.1, 0.15) is 35.1 Å². The molecule has 1 aromatic carbocycles. The van der Waals surface area contributed by atoms with E-state index in [-0.39, 0.29) is 6.16 Å². The molecule has 7 heteroatoms. The summed E-state index contributed by atoms with van der Waals surface area (Å²) < 4.78 is 11.0. The van der Waals surface area contributed by atoms with Crippen LogP contribution in [0.2, 0.25) is 0 Å². The van der Waals surface area contributed by atoms with Crippen LogP contribution in [0.15, 0.2) is 41.3 Å². The zero-order valence-electron chi connectivity index (χ0n) is 15.6. The van der Waals surface area contributed by atoms with E-state index in [1.54, 1.807) is 23.1 Å². The topological polar surface area (TPSA) is 83.6 Å². The highest BCUT2D eigenvalue weighted by Gasteiger charge is 2.23. The summed E-state index contributed by atoms with van der Waals surface area (Å²) in [4.78, 5) is 21.4. The van der Waals surface area contributed by atoms with Crippen molar-refractivity contribution in [2.45, 2.75) is 43.5 Å². The maximum absolute atomic E-state index is 11.0. The van der Waals surface area contributed by atoms with E-state index in [9.17, 15) is 4.57 Å². The Hall–Kier alpha value is -1.06. The third-order valence-corrected chi connectivity index (χ3v) is 6.88. The van der Waals surface area contributed by atoms with Gasteiger partial charge < -0.3 is 15.5 Å². The monoisotopic (exact) mass is 423 g/mol. The fourth-order valence-corrected chi connectivity index (χ4v) is 4.71. The van der Waals surface area contributed by atoms with Gasteiger partial charge in [0, 0.05) is 15.3 Å². The fourth-order valence-electron chi connectivity index (χ4n) is 2.39. The van der Waals surface area contributed by atoms with Crippen molar-refractivity contribution in [2.75, 3.05) is 11.9 Å². The summed E-state index contributed by atoms with van der Waals surface area (Å²) in [6.45, 7) is 3.92. The van der Waals surface area contributed by atoms with Crippen LogP contribution in [-0.4, -0.2) is 27.2 Å². The Morgan fingerprint density at radius 1 is 1.19 bits per heavy atom. The zero-order valence-corrected chi connectivity index (χ0v) is 18.2. The number of aryl methyl sites for hydroxylation is 2. The smallest absolute Gasteiger partial charge is 0.325 e. The Morgan fingerprint density at radius 3 is 2.56 bits per heavy atom. The molecule has 0 amide bonds. The molecule has 0 radical (unpaired) electrons. The van der Waals surface area contributed by atoms with Crippen molar-refractivity contribution < 1.29 is 14.4 Å². The van der Waals surface area contributed by atoms with Crippen molar-refractivity contribution in [1.82, 2.24) is 0 Å². The van der Waals surface area contributed by atoms with Crippen LogP contribution in [0.3, 0.4) is 0 Å². The molecule has 2 aromatic rings. The van der Waals surface area contributed by atoms with Crippen molar-refractivity contribution in [2.24, 2.45) is 5.73 Å². The molecule has 1 heterocycles. The molecule has 27 heavy (non-hydrogen) atoms. The molecule has 1 unspecified atom stereocenters. The van der Waals surface area contributed by atoms with Crippen molar-refractivity contribution in [1.29, 1.82) is 0 Å². The highest BCUT2D eigenvalue weighted by atomic mass is 32.2. The first kappa shape index (κ1) is 22.2. The quantitative estimate of drug-likeness (QED) is 0.333. The minimum atomic E-state index is -3.99. The first-order chi connectivity index (χ1) is 12.6. The van der Waals surface area contributed by atoms with Crippen LogP contribution in [-0.2, 0) is 11.0 Å². The second-order valence-corrected chi connectivity index (χ2v) is 11.0. The predicted molar refractivity (Wildman–Crippen MR) is 116 cm³/mol. The molecule has 1 atom stereocenters. The number of thiophene rings is 1. The SMILES string of the molecule is Cc1ccc(SCC#Cc2ccc(CCC(C)(N)CCP(=O)(O)O)s2)cc1. The average Bonchev–Trinajstić information content (AvgIpc) is 3.04. The van der Waals surface area contributed by atoms with Gasteiger partial charge in [0.25, 0.3) is 0 Å². The lowest BCUT2D eigenvalue weighted by atomic mass is 9.94. The summed E-state index contributed by atoms with van der Waals surface area (Å²) in [7, 11) is -3.99. The molecule has 0 aliphatic carbocycles. The standard InChI is InChI=1S/C20H26NO3PS2/c1-16-5-7-17(8-6-16)26-15-3-4-18-9-10-19(27-18)11-12-20(2,21)13-14-25(22,23)24/h5-10H,11-15,21H2,1-2H3,(H2,22,23,24). The third-order valence-electron chi connectivity index (χ3n) is 4.12. The van der Waals surface area contributed by atoms with E-state index in [2.05, 4.69) is 49.1 Å². The summed E-state index contributed by atoms with van der Waals surface area (Å²) in [6, 6.07) is 12.5. The van der Waals surface area contributed by atoms with E-state index in [4.69, 9.17) is 15.5 Å². The van der Waals surface area contributed by atoms with Gasteiger partial charge in [-0.2, -0.15) is 0 Å². The number of benzene rings is 1. The van der Waals surface area contributed by atoms with Gasteiger partial charge in [0.05, 0.1) is 16.8 Å². The Morgan fingerprint density at radius 2 is 1.89 bits per heavy atom. The van der Waals surface area contributed by atoms with Crippen LogP contribution >= 0.6 is 30.7 Å². The van der Waals surface area contributed by atoms with E-state index < -0.39 is 13.1 Å². The molecule has 0 fully saturated rings. The van der Waals surface area contributed by atoms with Crippen molar-refractivity contribution >= 4 is 30.7 Å². The van der Waals surface area contributed by atoms with Crippen LogP contribution in [0.5, 0.6) is 0 Å². The summed E-state index contributed by atoms with van der Waals surface area (Å²) >= 11 is 3.38. The third kappa shape index (κ3) is 9.12. The summed E-state index contributed by atoms with van der Waals surface area (Å²) in [5.41, 5.74) is 6.85. The fraction of sp³-hybridized carbons (Fsp3) is 0.400. The van der Waals surface area contributed by atoms with E-state index in [0.717, 1.165) is 17.1 Å². The maximum atomic E-state index is 11.0. The Kier molecular flexibility index (Phi) is 8.18. The Bertz CT molecular complexity index is 844. The highest BCUT2D eigenvalue weighted by Crippen LogP contribution is 2.37. The maximum Gasteiger partial charge on any atom is 0.325 e. The van der Waals surface area contributed by atoms with Crippen LogP contribution in [0, 0.1) is 18.8 Å². The molecule has 0 spiro atoms.